The van der Waals surface area contributed by atoms with Gasteiger partial charge in [-0.05, 0) is 22.6 Å². The SMILES string of the molecule is COC(=O)CCSc1nnnn1-c1ccccc1. The Hall–Kier alpha value is -1.89. The largest absolute Gasteiger partial charge is 0.469 e. The number of esters is 1. The minimum Gasteiger partial charge on any atom is -0.469 e. The number of tetrazole rings is 1. The Kier molecular flexibility index (Phi) is 4.30. The van der Waals surface area contributed by atoms with Gasteiger partial charge in [-0.15, -0.1) is 5.10 Å². The minimum atomic E-state index is -0.235. The fourth-order valence-corrected chi connectivity index (χ4v) is 2.14. The molecule has 0 atom stereocenters. The van der Waals surface area contributed by atoms with Crippen LogP contribution in [0.5, 0.6) is 0 Å². The first-order valence-corrected chi connectivity index (χ1v) is 6.33. The highest BCUT2D eigenvalue weighted by Gasteiger charge is 2.09. The van der Waals surface area contributed by atoms with Gasteiger partial charge in [0.1, 0.15) is 0 Å². The number of methoxy groups -OCH3 is 1. The molecule has 1 aromatic carbocycles. The number of rotatable bonds is 5. The zero-order chi connectivity index (χ0) is 12.8. The Balaban J connectivity index is 2.03. The van der Waals surface area contributed by atoms with Crippen LogP contribution >= 0.6 is 11.8 Å². The van der Waals surface area contributed by atoms with E-state index in [-0.39, 0.29) is 5.97 Å². The van der Waals surface area contributed by atoms with E-state index in [1.165, 1.54) is 18.9 Å². The van der Waals surface area contributed by atoms with Crippen LogP contribution in [0.3, 0.4) is 0 Å². The standard InChI is InChI=1S/C11H12N4O2S/c1-17-10(16)7-8-18-11-12-13-14-15(11)9-5-3-2-4-6-9/h2-6H,7-8H2,1H3. The van der Waals surface area contributed by atoms with Crippen molar-refractivity contribution >= 4 is 17.7 Å². The third-order valence-electron chi connectivity index (χ3n) is 2.21. The summed E-state index contributed by atoms with van der Waals surface area (Å²) in [7, 11) is 1.38. The van der Waals surface area contributed by atoms with Gasteiger partial charge in [-0.1, -0.05) is 30.0 Å². The summed E-state index contributed by atoms with van der Waals surface area (Å²) in [6.45, 7) is 0. The van der Waals surface area contributed by atoms with Gasteiger partial charge >= 0.3 is 5.97 Å². The zero-order valence-corrected chi connectivity index (χ0v) is 10.6. The first kappa shape index (κ1) is 12.6. The van der Waals surface area contributed by atoms with Gasteiger partial charge < -0.3 is 4.74 Å². The summed E-state index contributed by atoms with van der Waals surface area (Å²) in [4.78, 5) is 11.0. The van der Waals surface area contributed by atoms with Crippen LogP contribution in [0.1, 0.15) is 6.42 Å². The summed E-state index contributed by atoms with van der Waals surface area (Å²) in [6.07, 6.45) is 0.336. The lowest BCUT2D eigenvalue weighted by Crippen LogP contribution is -2.03. The van der Waals surface area contributed by atoms with Crippen molar-refractivity contribution in [1.29, 1.82) is 0 Å². The van der Waals surface area contributed by atoms with Crippen LogP contribution in [-0.2, 0) is 9.53 Å². The number of benzene rings is 1. The number of carbonyl (C=O) groups excluding carboxylic acids is 1. The third kappa shape index (κ3) is 3.07. The maximum Gasteiger partial charge on any atom is 0.306 e. The van der Waals surface area contributed by atoms with Gasteiger partial charge in [0.15, 0.2) is 0 Å². The van der Waals surface area contributed by atoms with Crippen molar-refractivity contribution in [1.82, 2.24) is 20.2 Å². The molecule has 0 aliphatic carbocycles. The van der Waals surface area contributed by atoms with Gasteiger partial charge in [0.2, 0.25) is 5.16 Å². The first-order valence-electron chi connectivity index (χ1n) is 5.34. The quantitative estimate of drug-likeness (QED) is 0.599. The molecular formula is C11H12N4O2S. The highest BCUT2D eigenvalue weighted by atomic mass is 32.2. The second-order valence-electron chi connectivity index (χ2n) is 3.38. The molecule has 0 saturated heterocycles. The van der Waals surface area contributed by atoms with Crippen LogP contribution in [0.15, 0.2) is 35.5 Å². The summed E-state index contributed by atoms with van der Waals surface area (Å²) in [5, 5.41) is 12.2. The van der Waals surface area contributed by atoms with Crippen molar-refractivity contribution < 1.29 is 9.53 Å². The van der Waals surface area contributed by atoms with Crippen LogP contribution in [0, 0.1) is 0 Å². The first-order chi connectivity index (χ1) is 8.81. The molecule has 94 valence electrons. The molecule has 0 fully saturated rings. The Morgan fingerprint density at radius 1 is 1.39 bits per heavy atom. The lowest BCUT2D eigenvalue weighted by Gasteiger charge is -2.03. The lowest BCUT2D eigenvalue weighted by atomic mass is 10.3. The number of para-hydroxylation sites is 1. The molecule has 0 amide bonds. The average Bonchev–Trinajstić information content (AvgIpc) is 2.88. The molecule has 1 heterocycles. The maximum atomic E-state index is 11.0. The number of thioether (sulfide) groups is 1. The van der Waals surface area contributed by atoms with Crippen molar-refractivity contribution in [2.75, 3.05) is 12.9 Å². The van der Waals surface area contributed by atoms with Gasteiger partial charge in [0.05, 0.1) is 19.2 Å². The molecule has 6 nitrogen and oxygen atoms in total. The fourth-order valence-electron chi connectivity index (χ4n) is 1.33. The van der Waals surface area contributed by atoms with Gasteiger partial charge in [-0.2, -0.15) is 4.68 Å². The molecule has 0 saturated carbocycles. The maximum absolute atomic E-state index is 11.0. The molecule has 2 rings (SSSR count). The number of carbonyl (C=O) groups is 1. The molecule has 7 heteroatoms. The molecule has 0 radical (unpaired) electrons. The number of aromatic nitrogens is 4. The Morgan fingerprint density at radius 3 is 2.89 bits per heavy atom. The van der Waals surface area contributed by atoms with Gasteiger partial charge in [-0.25, -0.2) is 0 Å². The Bertz CT molecular complexity index is 515. The molecule has 0 bridgehead atoms. The molecule has 0 unspecified atom stereocenters. The fraction of sp³-hybridized carbons (Fsp3) is 0.273. The van der Waals surface area contributed by atoms with Crippen LogP contribution in [0.4, 0.5) is 0 Å². The van der Waals surface area contributed by atoms with E-state index in [2.05, 4.69) is 20.3 Å². The molecule has 0 N–H and O–H groups in total. The van der Waals surface area contributed by atoms with Crippen molar-refractivity contribution in [2.45, 2.75) is 11.6 Å². The minimum absolute atomic E-state index is 0.235. The van der Waals surface area contributed by atoms with Gasteiger partial charge in [-0.3, -0.25) is 4.79 Å². The highest BCUT2D eigenvalue weighted by Crippen LogP contribution is 2.18. The second-order valence-corrected chi connectivity index (χ2v) is 4.45. The smallest absolute Gasteiger partial charge is 0.306 e. The third-order valence-corrected chi connectivity index (χ3v) is 3.13. The normalized spacial score (nSPS) is 10.3. The van der Waals surface area contributed by atoms with Crippen LogP contribution in [0.25, 0.3) is 5.69 Å². The summed E-state index contributed by atoms with van der Waals surface area (Å²) in [6, 6.07) is 9.60. The van der Waals surface area contributed by atoms with E-state index in [9.17, 15) is 4.79 Å². The number of hydrogen-bond acceptors (Lipinski definition) is 6. The second kappa shape index (κ2) is 6.15. The van der Waals surface area contributed by atoms with E-state index in [0.29, 0.717) is 17.3 Å². The van der Waals surface area contributed by atoms with Gasteiger partial charge in [0, 0.05) is 5.75 Å². The van der Waals surface area contributed by atoms with E-state index >= 15 is 0 Å². The van der Waals surface area contributed by atoms with E-state index in [0.717, 1.165) is 5.69 Å². The van der Waals surface area contributed by atoms with Crippen LogP contribution < -0.4 is 0 Å². The molecule has 0 aliphatic rings. The van der Waals surface area contributed by atoms with E-state index in [4.69, 9.17) is 0 Å². The lowest BCUT2D eigenvalue weighted by molar-refractivity contribution is -0.140. The highest BCUT2D eigenvalue weighted by molar-refractivity contribution is 7.99. The summed E-state index contributed by atoms with van der Waals surface area (Å²) in [5.41, 5.74) is 0.892. The number of nitrogens with zero attached hydrogens (tertiary/aromatic N) is 4. The summed E-state index contributed by atoms with van der Waals surface area (Å²) in [5.74, 6) is 0.348. The van der Waals surface area contributed by atoms with Crippen molar-refractivity contribution in [2.24, 2.45) is 0 Å². The molecule has 0 spiro atoms. The topological polar surface area (TPSA) is 69.9 Å². The van der Waals surface area contributed by atoms with Crippen molar-refractivity contribution in [3.05, 3.63) is 30.3 Å². The van der Waals surface area contributed by atoms with E-state index < -0.39 is 0 Å². The Labute approximate surface area is 108 Å². The molecule has 2 aromatic rings. The van der Waals surface area contributed by atoms with Crippen LogP contribution in [-0.4, -0.2) is 39.0 Å². The summed E-state index contributed by atoms with van der Waals surface area (Å²) < 4.78 is 6.21. The average molecular weight is 264 g/mol. The summed E-state index contributed by atoms with van der Waals surface area (Å²) >= 11 is 1.42. The van der Waals surface area contributed by atoms with Crippen molar-refractivity contribution in [3.8, 4) is 5.69 Å². The van der Waals surface area contributed by atoms with E-state index in [1.807, 2.05) is 30.3 Å². The molecule has 18 heavy (non-hydrogen) atoms. The molecular weight excluding hydrogens is 252 g/mol. The predicted molar refractivity (Wildman–Crippen MR) is 66.5 cm³/mol. The van der Waals surface area contributed by atoms with E-state index in [1.54, 1.807) is 4.68 Å². The number of hydrogen-bond donors (Lipinski definition) is 0. The Morgan fingerprint density at radius 2 is 2.17 bits per heavy atom. The van der Waals surface area contributed by atoms with Crippen molar-refractivity contribution in [3.63, 3.8) is 0 Å². The predicted octanol–water partition coefficient (Wildman–Crippen LogP) is 1.32. The molecule has 1 aromatic heterocycles. The van der Waals surface area contributed by atoms with Gasteiger partial charge in [0.25, 0.3) is 0 Å². The molecule has 0 aliphatic heterocycles. The number of ether oxygens (including phenoxy) is 1. The monoisotopic (exact) mass is 264 g/mol. The zero-order valence-electron chi connectivity index (χ0n) is 9.81. The van der Waals surface area contributed by atoms with Crippen LogP contribution in [0.2, 0.25) is 0 Å².